The van der Waals surface area contributed by atoms with Crippen molar-refractivity contribution in [2.75, 3.05) is 7.11 Å². The molecule has 0 aliphatic carbocycles. The fourth-order valence-corrected chi connectivity index (χ4v) is 1.36. The lowest BCUT2D eigenvalue weighted by molar-refractivity contribution is 0.341. The summed E-state index contributed by atoms with van der Waals surface area (Å²) in [5.74, 6) is -0.00715. The number of aromatic hydroxyl groups is 2. The first kappa shape index (κ1) is 10.7. The number of hydrogen-bond donors (Lipinski definition) is 2. The molecule has 0 radical (unpaired) electrons. The summed E-state index contributed by atoms with van der Waals surface area (Å²) in [5.41, 5.74) is 0.742. The molecule has 0 fully saturated rings. The van der Waals surface area contributed by atoms with E-state index in [0.717, 1.165) is 5.56 Å². The van der Waals surface area contributed by atoms with Gasteiger partial charge in [-0.2, -0.15) is 0 Å². The number of methoxy groups -OCH3 is 1. The first-order chi connectivity index (χ1) is 6.38. The Labute approximate surface area is 84.0 Å². The lowest BCUT2D eigenvalue weighted by atomic mass is 9.86. The summed E-state index contributed by atoms with van der Waals surface area (Å²) in [6.45, 7) is 6.05. The number of ether oxygens (including phenoxy) is 1. The third-order valence-electron chi connectivity index (χ3n) is 2.12. The van der Waals surface area contributed by atoms with Gasteiger partial charge in [0.05, 0.1) is 7.11 Å². The molecule has 3 heteroatoms. The van der Waals surface area contributed by atoms with Crippen LogP contribution >= 0.6 is 0 Å². The summed E-state index contributed by atoms with van der Waals surface area (Å²) in [5, 5.41) is 18.9. The molecule has 1 aromatic rings. The highest BCUT2D eigenvalue weighted by Gasteiger charge is 2.22. The molecule has 0 unspecified atom stereocenters. The summed E-state index contributed by atoms with van der Waals surface area (Å²) in [4.78, 5) is 0. The van der Waals surface area contributed by atoms with Crippen molar-refractivity contribution < 1.29 is 14.9 Å². The molecule has 0 heterocycles. The smallest absolute Gasteiger partial charge is 0.200 e. The van der Waals surface area contributed by atoms with Crippen LogP contribution in [0.2, 0.25) is 0 Å². The summed E-state index contributed by atoms with van der Waals surface area (Å²) < 4.78 is 5.07. The van der Waals surface area contributed by atoms with E-state index in [4.69, 9.17) is 4.74 Å². The minimum Gasteiger partial charge on any atom is -0.504 e. The Hall–Kier alpha value is -1.38. The Balaban J connectivity index is 3.39. The maximum Gasteiger partial charge on any atom is 0.200 e. The van der Waals surface area contributed by atoms with Crippen molar-refractivity contribution in [2.24, 2.45) is 0 Å². The van der Waals surface area contributed by atoms with Gasteiger partial charge in [0.2, 0.25) is 5.75 Å². The number of rotatable bonds is 1. The third-order valence-corrected chi connectivity index (χ3v) is 2.12. The molecule has 0 bridgehead atoms. The topological polar surface area (TPSA) is 49.7 Å². The molecule has 0 aliphatic heterocycles. The summed E-state index contributed by atoms with van der Waals surface area (Å²) in [6.07, 6.45) is 0. The minimum atomic E-state index is -0.195. The first-order valence-corrected chi connectivity index (χ1v) is 4.47. The number of hydrogen-bond acceptors (Lipinski definition) is 3. The fourth-order valence-electron chi connectivity index (χ4n) is 1.36. The van der Waals surface area contributed by atoms with Crippen LogP contribution in [-0.2, 0) is 5.41 Å². The number of benzene rings is 1. The van der Waals surface area contributed by atoms with Gasteiger partial charge in [0.25, 0.3) is 0 Å². The normalized spacial score (nSPS) is 11.4. The van der Waals surface area contributed by atoms with E-state index in [1.807, 2.05) is 20.8 Å². The Morgan fingerprint density at radius 2 is 1.71 bits per heavy atom. The summed E-state index contributed by atoms with van der Waals surface area (Å²) in [6, 6.07) is 3.23. The highest BCUT2D eigenvalue weighted by molar-refractivity contribution is 5.55. The van der Waals surface area contributed by atoms with E-state index in [2.05, 4.69) is 0 Å². The highest BCUT2D eigenvalue weighted by Crippen LogP contribution is 2.42. The molecule has 0 saturated carbocycles. The number of phenolic OH excluding ortho intramolecular Hbond substituents is 2. The van der Waals surface area contributed by atoms with E-state index in [0.29, 0.717) is 5.75 Å². The van der Waals surface area contributed by atoms with Crippen LogP contribution < -0.4 is 4.74 Å². The van der Waals surface area contributed by atoms with Gasteiger partial charge in [-0.25, -0.2) is 0 Å². The van der Waals surface area contributed by atoms with Crippen LogP contribution in [0.15, 0.2) is 12.1 Å². The van der Waals surface area contributed by atoms with Crippen molar-refractivity contribution in [1.82, 2.24) is 0 Å². The van der Waals surface area contributed by atoms with Gasteiger partial charge in [0.1, 0.15) is 0 Å². The maximum absolute atomic E-state index is 9.57. The largest absolute Gasteiger partial charge is 0.504 e. The standard InChI is InChI=1S/C11H16O3/c1-11(2,3)7-5-6-8(12)9(13)10(7)14-4/h5-6,12-13H,1-4H3. The van der Waals surface area contributed by atoms with Gasteiger partial charge in [-0.05, 0) is 11.5 Å². The van der Waals surface area contributed by atoms with Crippen LogP contribution in [0.5, 0.6) is 17.2 Å². The third kappa shape index (κ3) is 1.76. The highest BCUT2D eigenvalue weighted by atomic mass is 16.5. The van der Waals surface area contributed by atoms with Gasteiger partial charge in [-0.1, -0.05) is 26.8 Å². The predicted octanol–water partition coefficient (Wildman–Crippen LogP) is 2.40. The Bertz CT molecular complexity index is 337. The van der Waals surface area contributed by atoms with Crippen molar-refractivity contribution in [3.63, 3.8) is 0 Å². The molecule has 0 aromatic heterocycles. The van der Waals surface area contributed by atoms with Crippen molar-refractivity contribution in [2.45, 2.75) is 26.2 Å². The van der Waals surface area contributed by atoms with Gasteiger partial charge >= 0.3 is 0 Å². The van der Waals surface area contributed by atoms with Gasteiger partial charge in [0, 0.05) is 5.56 Å². The van der Waals surface area contributed by atoms with E-state index in [1.165, 1.54) is 13.2 Å². The van der Waals surface area contributed by atoms with Crippen molar-refractivity contribution in [1.29, 1.82) is 0 Å². The second kappa shape index (κ2) is 3.40. The monoisotopic (exact) mass is 196 g/mol. The maximum atomic E-state index is 9.57. The van der Waals surface area contributed by atoms with Crippen molar-refractivity contribution in [3.8, 4) is 17.2 Å². The fraction of sp³-hybridized carbons (Fsp3) is 0.455. The first-order valence-electron chi connectivity index (χ1n) is 4.47. The molecule has 0 saturated heterocycles. The second-order valence-electron chi connectivity index (χ2n) is 4.26. The van der Waals surface area contributed by atoms with Crippen LogP contribution in [-0.4, -0.2) is 17.3 Å². The van der Waals surface area contributed by atoms with Gasteiger partial charge in [-0.3, -0.25) is 0 Å². The van der Waals surface area contributed by atoms with E-state index in [-0.39, 0.29) is 16.9 Å². The van der Waals surface area contributed by atoms with Crippen LogP contribution in [0.3, 0.4) is 0 Å². The Morgan fingerprint density at radius 1 is 1.14 bits per heavy atom. The molecule has 1 aromatic carbocycles. The van der Waals surface area contributed by atoms with E-state index < -0.39 is 0 Å². The summed E-state index contributed by atoms with van der Waals surface area (Å²) in [7, 11) is 1.48. The molecule has 2 N–H and O–H groups in total. The van der Waals surface area contributed by atoms with Crippen LogP contribution in [0, 0.1) is 0 Å². The molecule has 0 atom stereocenters. The molecule has 3 nitrogen and oxygen atoms in total. The van der Waals surface area contributed by atoms with E-state index in [9.17, 15) is 10.2 Å². The van der Waals surface area contributed by atoms with Crippen LogP contribution in [0.4, 0.5) is 0 Å². The minimum absolute atomic E-state index is 0.128. The zero-order valence-electron chi connectivity index (χ0n) is 8.96. The summed E-state index contributed by atoms with van der Waals surface area (Å²) >= 11 is 0. The lowest BCUT2D eigenvalue weighted by Crippen LogP contribution is -2.12. The molecule has 14 heavy (non-hydrogen) atoms. The van der Waals surface area contributed by atoms with E-state index in [1.54, 1.807) is 6.07 Å². The SMILES string of the molecule is COc1c(C(C)(C)C)ccc(O)c1O. The average molecular weight is 196 g/mol. The van der Waals surface area contributed by atoms with Gasteiger partial charge in [-0.15, -0.1) is 0 Å². The average Bonchev–Trinajstić information content (AvgIpc) is 2.07. The lowest BCUT2D eigenvalue weighted by Gasteiger charge is -2.22. The van der Waals surface area contributed by atoms with Gasteiger partial charge < -0.3 is 14.9 Å². The van der Waals surface area contributed by atoms with Crippen LogP contribution in [0.25, 0.3) is 0 Å². The molecule has 0 aliphatic rings. The zero-order chi connectivity index (χ0) is 10.9. The van der Waals surface area contributed by atoms with Crippen molar-refractivity contribution >= 4 is 0 Å². The molecule has 0 amide bonds. The Kier molecular flexibility index (Phi) is 2.60. The number of phenols is 2. The second-order valence-corrected chi connectivity index (χ2v) is 4.26. The molecular weight excluding hydrogens is 180 g/mol. The quantitative estimate of drug-likeness (QED) is 0.678. The molecule has 78 valence electrons. The van der Waals surface area contributed by atoms with Crippen LogP contribution in [0.1, 0.15) is 26.3 Å². The molecule has 1 rings (SSSR count). The molecule has 0 spiro atoms. The zero-order valence-corrected chi connectivity index (χ0v) is 8.96. The van der Waals surface area contributed by atoms with E-state index >= 15 is 0 Å². The van der Waals surface area contributed by atoms with Gasteiger partial charge in [0.15, 0.2) is 11.5 Å². The van der Waals surface area contributed by atoms with Crippen molar-refractivity contribution in [3.05, 3.63) is 17.7 Å². The Morgan fingerprint density at radius 3 is 2.14 bits per heavy atom. The molecular formula is C11H16O3. The predicted molar refractivity (Wildman–Crippen MR) is 55.0 cm³/mol.